The molecule has 0 radical (unpaired) electrons. The van der Waals surface area contributed by atoms with Crippen LogP contribution in [0, 0.1) is 0 Å². The van der Waals surface area contributed by atoms with Crippen molar-refractivity contribution in [1.82, 2.24) is 25.2 Å². The van der Waals surface area contributed by atoms with Gasteiger partial charge in [-0.15, -0.1) is 0 Å². The van der Waals surface area contributed by atoms with Gasteiger partial charge in [0, 0.05) is 50.7 Å². The summed E-state index contributed by atoms with van der Waals surface area (Å²) in [5.74, 6) is 2.32. The van der Waals surface area contributed by atoms with Crippen LogP contribution in [0.1, 0.15) is 30.0 Å². The highest BCUT2D eigenvalue weighted by atomic mass is 15.2. The molecule has 0 atom stereocenters. The van der Waals surface area contributed by atoms with Gasteiger partial charge in [-0.25, -0.2) is 9.97 Å². The van der Waals surface area contributed by atoms with E-state index in [4.69, 9.17) is 4.98 Å². The van der Waals surface area contributed by atoms with Crippen molar-refractivity contribution in [1.29, 1.82) is 0 Å². The van der Waals surface area contributed by atoms with E-state index in [0.717, 1.165) is 61.3 Å². The predicted molar refractivity (Wildman–Crippen MR) is 115 cm³/mol. The Hall–Kier alpha value is -2.83. The SMILES string of the molecule is c1ccc(Nc2cc(C3CC3)cc(-c3ccnc(CN4CCNCC4)c3)n2)nc1. The van der Waals surface area contributed by atoms with Crippen molar-refractivity contribution in [3.63, 3.8) is 0 Å². The van der Waals surface area contributed by atoms with Crippen LogP contribution < -0.4 is 10.6 Å². The second kappa shape index (κ2) is 8.27. The van der Waals surface area contributed by atoms with Crippen molar-refractivity contribution in [3.05, 3.63) is 66.1 Å². The Kier molecular flexibility index (Phi) is 5.19. The third kappa shape index (κ3) is 4.60. The predicted octanol–water partition coefficient (Wildman–Crippen LogP) is 3.56. The number of hydrogen-bond acceptors (Lipinski definition) is 6. The standard InChI is InChI=1S/C23H26N6/c1-2-7-26-22(3-1)28-23-15-19(17-4-5-17)14-21(27-23)18-6-8-25-20(13-18)16-29-11-9-24-10-12-29/h1-3,6-8,13-15,17,24H,4-5,9-12,16H2,(H,26,27,28). The summed E-state index contributed by atoms with van der Waals surface area (Å²) in [4.78, 5) is 16.3. The zero-order valence-corrected chi connectivity index (χ0v) is 16.5. The van der Waals surface area contributed by atoms with E-state index in [2.05, 4.69) is 49.8 Å². The van der Waals surface area contributed by atoms with Gasteiger partial charge in [0.2, 0.25) is 0 Å². The minimum Gasteiger partial charge on any atom is -0.325 e. The third-order valence-electron chi connectivity index (χ3n) is 5.53. The van der Waals surface area contributed by atoms with E-state index in [0.29, 0.717) is 5.92 Å². The Morgan fingerprint density at radius 2 is 1.86 bits per heavy atom. The van der Waals surface area contributed by atoms with Crippen LogP contribution in [0.3, 0.4) is 0 Å². The van der Waals surface area contributed by atoms with E-state index in [-0.39, 0.29) is 0 Å². The molecule has 2 aliphatic rings. The molecule has 6 nitrogen and oxygen atoms in total. The molecule has 1 saturated carbocycles. The van der Waals surface area contributed by atoms with E-state index >= 15 is 0 Å². The van der Waals surface area contributed by atoms with Crippen LogP contribution >= 0.6 is 0 Å². The van der Waals surface area contributed by atoms with Crippen LogP contribution in [0.4, 0.5) is 11.6 Å². The van der Waals surface area contributed by atoms with Crippen LogP contribution in [0.15, 0.2) is 54.9 Å². The summed E-state index contributed by atoms with van der Waals surface area (Å²) in [7, 11) is 0. The molecule has 0 aromatic carbocycles. The zero-order chi connectivity index (χ0) is 19.5. The van der Waals surface area contributed by atoms with E-state index in [1.807, 2.05) is 24.4 Å². The molecule has 6 heteroatoms. The van der Waals surface area contributed by atoms with Gasteiger partial charge in [-0.2, -0.15) is 0 Å². The lowest BCUT2D eigenvalue weighted by molar-refractivity contribution is 0.231. The van der Waals surface area contributed by atoms with Gasteiger partial charge in [0.15, 0.2) is 0 Å². The molecule has 0 amide bonds. The molecule has 3 aromatic rings. The number of nitrogens with one attached hydrogen (secondary N) is 2. The van der Waals surface area contributed by atoms with Gasteiger partial charge >= 0.3 is 0 Å². The van der Waals surface area contributed by atoms with Crippen LogP contribution in [0.5, 0.6) is 0 Å². The second-order valence-corrected chi connectivity index (χ2v) is 7.85. The summed E-state index contributed by atoms with van der Waals surface area (Å²) < 4.78 is 0. The van der Waals surface area contributed by atoms with Crippen LogP contribution in [-0.2, 0) is 6.54 Å². The quantitative estimate of drug-likeness (QED) is 0.675. The first-order valence-electron chi connectivity index (χ1n) is 10.4. The first kappa shape index (κ1) is 18.2. The zero-order valence-electron chi connectivity index (χ0n) is 16.5. The first-order chi connectivity index (χ1) is 14.3. The summed E-state index contributed by atoms with van der Waals surface area (Å²) in [5.41, 5.74) is 4.57. The minimum atomic E-state index is 0.656. The molecule has 0 spiro atoms. The normalized spacial score (nSPS) is 17.2. The number of aromatic nitrogens is 3. The van der Waals surface area contributed by atoms with E-state index < -0.39 is 0 Å². The Morgan fingerprint density at radius 1 is 0.966 bits per heavy atom. The fourth-order valence-electron chi connectivity index (χ4n) is 3.81. The monoisotopic (exact) mass is 386 g/mol. The van der Waals surface area contributed by atoms with Gasteiger partial charge in [-0.05, 0) is 60.7 Å². The Bertz CT molecular complexity index is 964. The molecule has 1 saturated heterocycles. The largest absolute Gasteiger partial charge is 0.325 e. The van der Waals surface area contributed by atoms with Crippen molar-refractivity contribution in [3.8, 4) is 11.3 Å². The molecule has 1 aliphatic heterocycles. The second-order valence-electron chi connectivity index (χ2n) is 7.85. The fraction of sp³-hybridized carbons (Fsp3) is 0.348. The molecule has 29 heavy (non-hydrogen) atoms. The summed E-state index contributed by atoms with van der Waals surface area (Å²) in [6.07, 6.45) is 6.22. The van der Waals surface area contributed by atoms with Gasteiger partial charge in [-0.3, -0.25) is 9.88 Å². The van der Waals surface area contributed by atoms with Crippen molar-refractivity contribution >= 4 is 11.6 Å². The molecular weight excluding hydrogens is 360 g/mol. The van der Waals surface area contributed by atoms with Crippen molar-refractivity contribution in [2.24, 2.45) is 0 Å². The maximum absolute atomic E-state index is 4.89. The average Bonchev–Trinajstić information content (AvgIpc) is 3.61. The van der Waals surface area contributed by atoms with Gasteiger partial charge < -0.3 is 10.6 Å². The smallest absolute Gasteiger partial charge is 0.132 e. The summed E-state index contributed by atoms with van der Waals surface area (Å²) >= 11 is 0. The van der Waals surface area contributed by atoms with Crippen molar-refractivity contribution in [2.75, 3.05) is 31.5 Å². The van der Waals surface area contributed by atoms with Crippen molar-refractivity contribution < 1.29 is 0 Å². The molecule has 2 N–H and O–H groups in total. The molecular formula is C23H26N6. The van der Waals surface area contributed by atoms with E-state index in [9.17, 15) is 0 Å². The molecule has 0 unspecified atom stereocenters. The molecule has 4 heterocycles. The van der Waals surface area contributed by atoms with Gasteiger partial charge in [0.1, 0.15) is 11.6 Å². The van der Waals surface area contributed by atoms with Gasteiger partial charge in [0.25, 0.3) is 0 Å². The minimum absolute atomic E-state index is 0.656. The van der Waals surface area contributed by atoms with Crippen molar-refractivity contribution in [2.45, 2.75) is 25.3 Å². The summed E-state index contributed by atoms with van der Waals surface area (Å²) in [6, 6.07) is 14.5. The van der Waals surface area contributed by atoms with Gasteiger partial charge in [-0.1, -0.05) is 6.07 Å². The maximum Gasteiger partial charge on any atom is 0.132 e. The molecule has 5 rings (SSSR count). The molecule has 0 bridgehead atoms. The number of piperazine rings is 1. The summed E-state index contributed by atoms with van der Waals surface area (Å²) in [6.45, 7) is 5.12. The summed E-state index contributed by atoms with van der Waals surface area (Å²) in [5, 5.41) is 6.77. The molecule has 148 valence electrons. The molecule has 2 fully saturated rings. The fourth-order valence-corrected chi connectivity index (χ4v) is 3.81. The lowest BCUT2D eigenvalue weighted by atomic mass is 10.1. The third-order valence-corrected chi connectivity index (χ3v) is 5.53. The first-order valence-corrected chi connectivity index (χ1v) is 10.4. The molecule has 1 aliphatic carbocycles. The van der Waals surface area contributed by atoms with Crippen LogP contribution in [-0.4, -0.2) is 46.0 Å². The number of pyridine rings is 3. The number of nitrogens with zero attached hydrogens (tertiary/aromatic N) is 4. The van der Waals surface area contributed by atoms with E-state index in [1.165, 1.54) is 18.4 Å². The topological polar surface area (TPSA) is 66.0 Å². The highest BCUT2D eigenvalue weighted by Crippen LogP contribution is 2.42. The lowest BCUT2D eigenvalue weighted by Crippen LogP contribution is -2.43. The van der Waals surface area contributed by atoms with E-state index in [1.54, 1.807) is 6.20 Å². The number of hydrogen-bond donors (Lipinski definition) is 2. The Morgan fingerprint density at radius 3 is 2.66 bits per heavy atom. The van der Waals surface area contributed by atoms with Gasteiger partial charge in [0.05, 0.1) is 11.4 Å². The Labute approximate surface area is 171 Å². The number of anilines is 2. The van der Waals surface area contributed by atoms with Crippen LogP contribution in [0.25, 0.3) is 11.3 Å². The number of rotatable bonds is 6. The highest BCUT2D eigenvalue weighted by molar-refractivity contribution is 5.65. The maximum atomic E-state index is 4.89. The average molecular weight is 387 g/mol. The highest BCUT2D eigenvalue weighted by Gasteiger charge is 2.25. The Balaban J connectivity index is 1.42. The molecule has 3 aromatic heterocycles. The lowest BCUT2D eigenvalue weighted by Gasteiger charge is -2.26. The van der Waals surface area contributed by atoms with Crippen LogP contribution in [0.2, 0.25) is 0 Å².